The molecule has 1 spiro atoms. The van der Waals surface area contributed by atoms with Gasteiger partial charge in [0.25, 0.3) is 5.91 Å². The quantitative estimate of drug-likeness (QED) is 0.533. The maximum absolute atomic E-state index is 13.6. The van der Waals surface area contributed by atoms with Crippen molar-refractivity contribution in [3.8, 4) is 11.5 Å². The Labute approximate surface area is 204 Å². The smallest absolute Gasteiger partial charge is 0.415 e. The molecule has 2 saturated heterocycles. The van der Waals surface area contributed by atoms with E-state index < -0.39 is 5.60 Å². The molecular weight excluding hydrogens is 446 g/mol. The second-order valence-electron chi connectivity index (χ2n) is 8.90. The molecule has 35 heavy (non-hydrogen) atoms. The molecule has 1 aromatic heterocycles. The van der Waals surface area contributed by atoms with Gasteiger partial charge < -0.3 is 19.1 Å². The lowest BCUT2D eigenvalue weighted by Gasteiger charge is -2.23. The number of amides is 2. The summed E-state index contributed by atoms with van der Waals surface area (Å²) in [6.07, 6.45) is 1.88. The van der Waals surface area contributed by atoms with Gasteiger partial charge in [0, 0.05) is 24.8 Å². The summed E-state index contributed by atoms with van der Waals surface area (Å²) in [5.74, 6) is 0.650. The number of aryl methyl sites for hydroxylation is 1. The van der Waals surface area contributed by atoms with E-state index in [1.807, 2.05) is 49.4 Å². The number of likely N-dealkylation sites (tertiary alicyclic amines) is 1. The highest BCUT2D eigenvalue weighted by molar-refractivity contribution is 5.98. The van der Waals surface area contributed by atoms with E-state index in [0.717, 1.165) is 16.9 Å². The van der Waals surface area contributed by atoms with Crippen LogP contribution >= 0.6 is 0 Å². The van der Waals surface area contributed by atoms with Crippen molar-refractivity contribution >= 4 is 17.7 Å². The van der Waals surface area contributed by atoms with Crippen molar-refractivity contribution in [2.24, 2.45) is 0 Å². The van der Waals surface area contributed by atoms with E-state index in [1.54, 1.807) is 41.3 Å². The number of carbonyl (C=O) groups is 2. The highest BCUT2D eigenvalue weighted by Crippen LogP contribution is 2.38. The summed E-state index contributed by atoms with van der Waals surface area (Å²) in [5.41, 5.74) is 2.32. The predicted molar refractivity (Wildman–Crippen MR) is 130 cm³/mol. The van der Waals surface area contributed by atoms with Crippen LogP contribution in [0.5, 0.6) is 11.5 Å². The van der Waals surface area contributed by atoms with E-state index in [1.165, 1.54) is 0 Å². The molecule has 5 rings (SSSR count). The number of hydrogen-bond donors (Lipinski definition) is 0. The van der Waals surface area contributed by atoms with Crippen LogP contribution in [0.25, 0.3) is 0 Å². The number of para-hydroxylation sites is 1. The summed E-state index contributed by atoms with van der Waals surface area (Å²) in [6, 6.07) is 18.6. The minimum absolute atomic E-state index is 0.193. The normalized spacial score (nSPS) is 19.2. The second-order valence-corrected chi connectivity index (χ2v) is 8.90. The number of ether oxygens (including phenoxy) is 3. The molecule has 2 amide bonds. The standard InChI is InChI=1S/C27H27N3O5/c1-19-9-11-21(12-10-19)30-18-27(35-26(30)32)13-15-29(17-27)25(31)22-7-5-8-23(33-2)24(22)34-16-20-6-3-4-14-28-20/h3-12,14H,13,15-18H2,1-2H3. The van der Waals surface area contributed by atoms with Crippen LogP contribution in [0.3, 0.4) is 0 Å². The first-order valence-electron chi connectivity index (χ1n) is 11.5. The second kappa shape index (κ2) is 9.29. The average molecular weight is 474 g/mol. The fourth-order valence-electron chi connectivity index (χ4n) is 4.57. The molecular formula is C27H27N3O5. The van der Waals surface area contributed by atoms with Crippen LogP contribution in [-0.2, 0) is 11.3 Å². The molecule has 2 aliphatic rings. The lowest BCUT2D eigenvalue weighted by molar-refractivity contribution is 0.0551. The van der Waals surface area contributed by atoms with Gasteiger partial charge in [0.15, 0.2) is 17.1 Å². The van der Waals surface area contributed by atoms with Crippen LogP contribution in [-0.4, -0.2) is 54.2 Å². The maximum atomic E-state index is 13.6. The van der Waals surface area contributed by atoms with Crippen molar-refractivity contribution in [1.29, 1.82) is 0 Å². The Balaban J connectivity index is 1.33. The Hall–Kier alpha value is -4.07. The fraction of sp³-hybridized carbons (Fsp3) is 0.296. The molecule has 180 valence electrons. The Morgan fingerprint density at radius 3 is 2.66 bits per heavy atom. The van der Waals surface area contributed by atoms with E-state index in [9.17, 15) is 9.59 Å². The van der Waals surface area contributed by atoms with Crippen molar-refractivity contribution in [3.05, 3.63) is 83.7 Å². The van der Waals surface area contributed by atoms with Gasteiger partial charge in [-0.05, 0) is 43.3 Å². The van der Waals surface area contributed by atoms with Crippen LogP contribution < -0.4 is 14.4 Å². The molecule has 0 aliphatic carbocycles. The Morgan fingerprint density at radius 2 is 1.91 bits per heavy atom. The fourth-order valence-corrected chi connectivity index (χ4v) is 4.57. The zero-order chi connectivity index (χ0) is 24.4. The predicted octanol–water partition coefficient (Wildman–Crippen LogP) is 4.22. The number of carbonyl (C=O) groups excluding carboxylic acids is 2. The average Bonchev–Trinajstić information content (AvgIpc) is 3.45. The van der Waals surface area contributed by atoms with Gasteiger partial charge in [0.05, 0.1) is 31.5 Å². The van der Waals surface area contributed by atoms with Crippen molar-refractivity contribution in [2.45, 2.75) is 25.6 Å². The first kappa shape index (κ1) is 22.7. The van der Waals surface area contributed by atoms with Gasteiger partial charge in [0.1, 0.15) is 6.61 Å². The molecule has 8 nitrogen and oxygen atoms in total. The summed E-state index contributed by atoms with van der Waals surface area (Å²) in [4.78, 5) is 33.9. The zero-order valence-electron chi connectivity index (χ0n) is 19.8. The van der Waals surface area contributed by atoms with E-state index in [-0.39, 0.29) is 18.6 Å². The maximum Gasteiger partial charge on any atom is 0.415 e. The minimum atomic E-state index is -0.731. The highest BCUT2D eigenvalue weighted by atomic mass is 16.6. The molecule has 2 aromatic carbocycles. The van der Waals surface area contributed by atoms with Crippen molar-refractivity contribution < 1.29 is 23.8 Å². The highest BCUT2D eigenvalue weighted by Gasteiger charge is 2.51. The van der Waals surface area contributed by atoms with Gasteiger partial charge in [-0.2, -0.15) is 0 Å². The third-order valence-corrected chi connectivity index (χ3v) is 6.44. The Kier molecular flexibility index (Phi) is 6.03. The van der Waals surface area contributed by atoms with E-state index in [2.05, 4.69) is 4.98 Å². The topological polar surface area (TPSA) is 81.2 Å². The monoisotopic (exact) mass is 473 g/mol. The molecule has 0 N–H and O–H groups in total. The van der Waals surface area contributed by atoms with Crippen LogP contribution in [0.4, 0.5) is 10.5 Å². The number of methoxy groups -OCH3 is 1. The molecule has 8 heteroatoms. The van der Waals surface area contributed by atoms with Gasteiger partial charge in [0.2, 0.25) is 0 Å². The molecule has 1 atom stereocenters. The van der Waals surface area contributed by atoms with Crippen LogP contribution in [0.15, 0.2) is 66.9 Å². The summed E-state index contributed by atoms with van der Waals surface area (Å²) in [5, 5.41) is 0. The molecule has 3 aromatic rings. The zero-order valence-corrected chi connectivity index (χ0v) is 19.8. The first-order chi connectivity index (χ1) is 17.0. The molecule has 1 unspecified atom stereocenters. The van der Waals surface area contributed by atoms with Crippen molar-refractivity contribution in [1.82, 2.24) is 9.88 Å². The van der Waals surface area contributed by atoms with E-state index in [4.69, 9.17) is 14.2 Å². The van der Waals surface area contributed by atoms with Gasteiger partial charge in [-0.25, -0.2) is 4.79 Å². The number of hydrogen-bond acceptors (Lipinski definition) is 6. The first-order valence-corrected chi connectivity index (χ1v) is 11.5. The summed E-state index contributed by atoms with van der Waals surface area (Å²) in [7, 11) is 1.54. The summed E-state index contributed by atoms with van der Waals surface area (Å²) >= 11 is 0. The minimum Gasteiger partial charge on any atom is -0.493 e. The van der Waals surface area contributed by atoms with E-state index in [0.29, 0.717) is 43.1 Å². The summed E-state index contributed by atoms with van der Waals surface area (Å²) < 4.78 is 17.3. The van der Waals surface area contributed by atoms with Crippen LogP contribution in [0.2, 0.25) is 0 Å². The van der Waals surface area contributed by atoms with Gasteiger partial charge in [-0.1, -0.05) is 29.8 Å². The Morgan fingerprint density at radius 1 is 1.09 bits per heavy atom. The van der Waals surface area contributed by atoms with Gasteiger partial charge >= 0.3 is 6.09 Å². The third kappa shape index (κ3) is 4.51. The number of pyridine rings is 1. The van der Waals surface area contributed by atoms with Crippen molar-refractivity contribution in [2.75, 3.05) is 31.6 Å². The molecule has 0 bridgehead atoms. The van der Waals surface area contributed by atoms with Crippen LogP contribution in [0.1, 0.15) is 28.0 Å². The Bertz CT molecular complexity index is 1230. The molecule has 0 saturated carbocycles. The number of benzene rings is 2. The number of aromatic nitrogens is 1. The lowest BCUT2D eigenvalue weighted by atomic mass is 10.0. The van der Waals surface area contributed by atoms with Crippen molar-refractivity contribution in [3.63, 3.8) is 0 Å². The number of rotatable bonds is 6. The SMILES string of the molecule is COc1cccc(C(=O)N2CCC3(C2)CN(c2ccc(C)cc2)C(=O)O3)c1OCc1ccccn1. The number of anilines is 1. The third-order valence-electron chi connectivity index (χ3n) is 6.44. The molecule has 2 fully saturated rings. The lowest BCUT2D eigenvalue weighted by Crippen LogP contribution is -2.39. The molecule has 2 aliphatic heterocycles. The molecule has 0 radical (unpaired) electrons. The van der Waals surface area contributed by atoms with E-state index >= 15 is 0 Å². The largest absolute Gasteiger partial charge is 0.493 e. The number of nitrogens with zero attached hydrogens (tertiary/aromatic N) is 3. The van der Waals surface area contributed by atoms with Crippen LogP contribution in [0, 0.1) is 6.92 Å². The van der Waals surface area contributed by atoms with Gasteiger partial charge in [-0.3, -0.25) is 14.7 Å². The summed E-state index contributed by atoms with van der Waals surface area (Å²) in [6.45, 7) is 3.40. The van der Waals surface area contributed by atoms with Gasteiger partial charge in [-0.15, -0.1) is 0 Å². The molecule has 3 heterocycles.